The number of hydrogen-bond donors (Lipinski definition) is 4. The van der Waals surface area contributed by atoms with Crippen molar-refractivity contribution in [2.45, 2.75) is 18.9 Å². The van der Waals surface area contributed by atoms with E-state index < -0.39 is 0 Å². The van der Waals surface area contributed by atoms with Crippen LogP contribution in [0.25, 0.3) is 10.9 Å². The van der Waals surface area contributed by atoms with Crippen molar-refractivity contribution in [3.05, 3.63) is 30.0 Å². The molecule has 0 aliphatic carbocycles. The van der Waals surface area contributed by atoms with E-state index in [1.54, 1.807) is 0 Å². The molecule has 4 N–H and O–H groups in total. The van der Waals surface area contributed by atoms with E-state index in [4.69, 9.17) is 4.74 Å². The number of H-pyrrole nitrogens is 1. The number of nitrogens with one attached hydrogen (secondary N) is 4. The van der Waals surface area contributed by atoms with Crippen LogP contribution in [0.15, 0.2) is 24.3 Å². The van der Waals surface area contributed by atoms with Gasteiger partial charge in [-0.25, -0.2) is 0 Å². The Labute approximate surface area is 145 Å². The average Bonchev–Trinajstić information content (AvgIpc) is 3.28. The van der Waals surface area contributed by atoms with Crippen molar-refractivity contribution >= 4 is 22.7 Å². The maximum absolute atomic E-state index is 12.2. The quantitative estimate of drug-likeness (QED) is 0.511. The fourth-order valence-corrected chi connectivity index (χ4v) is 2.81. The molecule has 8 heteroatoms. The number of benzene rings is 1. The van der Waals surface area contributed by atoms with E-state index in [0.717, 1.165) is 30.4 Å². The van der Waals surface area contributed by atoms with Crippen molar-refractivity contribution in [2.75, 3.05) is 32.8 Å². The molecule has 2 heterocycles. The van der Waals surface area contributed by atoms with Gasteiger partial charge in [0.05, 0.1) is 18.2 Å². The molecule has 2 aromatic rings. The first-order valence-corrected chi connectivity index (χ1v) is 8.54. The highest BCUT2D eigenvalue weighted by Crippen LogP contribution is 2.14. The molecule has 1 fully saturated rings. The molecule has 3 rings (SSSR count). The second-order valence-corrected chi connectivity index (χ2v) is 5.99. The van der Waals surface area contributed by atoms with E-state index in [1.807, 2.05) is 24.3 Å². The minimum Gasteiger partial charge on any atom is -0.377 e. The first-order chi connectivity index (χ1) is 12.2. The molecule has 1 aliphatic heterocycles. The van der Waals surface area contributed by atoms with E-state index in [0.29, 0.717) is 25.3 Å². The lowest BCUT2D eigenvalue weighted by Gasteiger charge is -2.11. The van der Waals surface area contributed by atoms with Gasteiger partial charge in [0, 0.05) is 31.6 Å². The van der Waals surface area contributed by atoms with Gasteiger partial charge in [0.15, 0.2) is 5.69 Å². The largest absolute Gasteiger partial charge is 0.377 e. The van der Waals surface area contributed by atoms with Gasteiger partial charge >= 0.3 is 0 Å². The molecule has 1 atom stereocenters. The average molecular weight is 345 g/mol. The molecule has 1 aliphatic rings. The van der Waals surface area contributed by atoms with E-state index in [2.05, 4.69) is 26.1 Å². The summed E-state index contributed by atoms with van der Waals surface area (Å²) in [7, 11) is 0. The van der Waals surface area contributed by atoms with Crippen LogP contribution < -0.4 is 16.0 Å². The van der Waals surface area contributed by atoms with Gasteiger partial charge in [0.1, 0.15) is 0 Å². The van der Waals surface area contributed by atoms with E-state index in [-0.39, 0.29) is 24.5 Å². The van der Waals surface area contributed by atoms with Gasteiger partial charge in [-0.15, -0.1) is 0 Å². The second-order valence-electron chi connectivity index (χ2n) is 5.99. The topological polar surface area (TPSA) is 108 Å². The molecule has 1 unspecified atom stereocenters. The molecular weight excluding hydrogens is 322 g/mol. The fraction of sp³-hybridized carbons (Fsp3) is 0.471. The summed E-state index contributed by atoms with van der Waals surface area (Å²) < 4.78 is 5.48. The Bertz CT molecular complexity index is 724. The van der Waals surface area contributed by atoms with Crippen molar-refractivity contribution in [2.24, 2.45) is 0 Å². The van der Waals surface area contributed by atoms with E-state index in [1.165, 1.54) is 0 Å². The highest BCUT2D eigenvalue weighted by Gasteiger charge is 2.15. The van der Waals surface area contributed by atoms with Crippen LogP contribution in [0.1, 0.15) is 23.3 Å². The van der Waals surface area contributed by atoms with Crippen molar-refractivity contribution in [1.29, 1.82) is 0 Å². The van der Waals surface area contributed by atoms with Crippen LogP contribution >= 0.6 is 0 Å². The third kappa shape index (κ3) is 4.77. The predicted molar refractivity (Wildman–Crippen MR) is 93.3 cm³/mol. The van der Waals surface area contributed by atoms with Gasteiger partial charge in [-0.2, -0.15) is 5.10 Å². The number of amides is 2. The van der Waals surface area contributed by atoms with E-state index >= 15 is 0 Å². The Morgan fingerprint density at radius 1 is 1.24 bits per heavy atom. The van der Waals surface area contributed by atoms with Crippen LogP contribution in [-0.2, 0) is 9.53 Å². The van der Waals surface area contributed by atoms with Crippen LogP contribution in [0.5, 0.6) is 0 Å². The second kappa shape index (κ2) is 8.59. The zero-order valence-electron chi connectivity index (χ0n) is 14.0. The van der Waals surface area contributed by atoms with Crippen LogP contribution in [0, 0.1) is 0 Å². The standard InChI is InChI=1S/C17H23N5O3/c23-15(11-18-10-12-4-3-9-25-12)19-7-8-20-17(24)16-13-5-1-2-6-14(13)21-22-16/h1-2,5-6,12,18H,3-4,7-11H2,(H,19,23)(H,20,24)(H,21,22). The Balaban J connectivity index is 1.32. The first-order valence-electron chi connectivity index (χ1n) is 8.54. The summed E-state index contributed by atoms with van der Waals surface area (Å²) in [6.45, 7) is 2.46. The van der Waals surface area contributed by atoms with Crippen molar-refractivity contribution < 1.29 is 14.3 Å². The molecule has 25 heavy (non-hydrogen) atoms. The SMILES string of the molecule is O=C(CNCC1CCCO1)NCCNC(=O)c1n[nH]c2ccccc12. The molecule has 1 saturated heterocycles. The molecule has 1 aromatic heterocycles. The fourth-order valence-electron chi connectivity index (χ4n) is 2.81. The lowest BCUT2D eigenvalue weighted by atomic mass is 10.2. The van der Waals surface area contributed by atoms with Gasteiger partial charge in [-0.1, -0.05) is 18.2 Å². The highest BCUT2D eigenvalue weighted by molar-refractivity contribution is 6.04. The third-order valence-corrected chi connectivity index (χ3v) is 4.10. The molecule has 1 aromatic carbocycles. The first kappa shape index (κ1) is 17.4. The summed E-state index contributed by atoms with van der Waals surface area (Å²) in [5.74, 6) is -0.360. The minimum absolute atomic E-state index is 0.0996. The van der Waals surface area contributed by atoms with Gasteiger partial charge in [-0.05, 0) is 18.9 Å². The van der Waals surface area contributed by atoms with Crippen molar-refractivity contribution in [3.63, 3.8) is 0 Å². The van der Waals surface area contributed by atoms with Crippen LogP contribution in [0.3, 0.4) is 0 Å². The summed E-state index contributed by atoms with van der Waals surface area (Å²) in [6.07, 6.45) is 2.35. The molecule has 8 nitrogen and oxygen atoms in total. The van der Waals surface area contributed by atoms with Gasteiger partial charge in [-0.3, -0.25) is 14.7 Å². The van der Waals surface area contributed by atoms with Gasteiger partial charge in [0.25, 0.3) is 5.91 Å². The Morgan fingerprint density at radius 2 is 2.08 bits per heavy atom. The van der Waals surface area contributed by atoms with Gasteiger partial charge in [0.2, 0.25) is 5.91 Å². The number of hydrogen-bond acceptors (Lipinski definition) is 5. The zero-order chi connectivity index (χ0) is 17.5. The minimum atomic E-state index is -0.261. The predicted octanol–water partition coefficient (Wildman–Crippen LogP) is 0.178. The Hall–Kier alpha value is -2.45. The maximum atomic E-state index is 12.2. The van der Waals surface area contributed by atoms with E-state index in [9.17, 15) is 9.59 Å². The summed E-state index contributed by atoms with van der Waals surface area (Å²) in [6, 6.07) is 7.45. The number of aromatic nitrogens is 2. The van der Waals surface area contributed by atoms with Crippen LogP contribution in [0.4, 0.5) is 0 Å². The summed E-state index contributed by atoms with van der Waals surface area (Å²) in [5, 5.41) is 16.2. The molecule has 134 valence electrons. The highest BCUT2D eigenvalue weighted by atomic mass is 16.5. The number of carbonyl (C=O) groups is 2. The smallest absolute Gasteiger partial charge is 0.272 e. The molecule has 0 saturated carbocycles. The lowest BCUT2D eigenvalue weighted by molar-refractivity contribution is -0.120. The number of nitrogens with zero attached hydrogens (tertiary/aromatic N) is 1. The number of para-hydroxylation sites is 1. The summed E-state index contributed by atoms with van der Waals surface area (Å²) >= 11 is 0. The number of rotatable bonds is 8. The molecule has 2 amide bonds. The number of fused-ring (bicyclic) bond motifs is 1. The van der Waals surface area contributed by atoms with Crippen LogP contribution in [0.2, 0.25) is 0 Å². The summed E-state index contributed by atoms with van der Waals surface area (Å²) in [5.41, 5.74) is 1.18. The van der Waals surface area contributed by atoms with Crippen LogP contribution in [-0.4, -0.2) is 60.9 Å². The van der Waals surface area contributed by atoms with Gasteiger partial charge < -0.3 is 20.7 Å². The number of carbonyl (C=O) groups excluding carboxylic acids is 2. The number of aromatic amines is 1. The molecule has 0 spiro atoms. The van der Waals surface area contributed by atoms with Crippen molar-refractivity contribution in [3.8, 4) is 0 Å². The molecular formula is C17H23N5O3. The number of ether oxygens (including phenoxy) is 1. The maximum Gasteiger partial charge on any atom is 0.272 e. The monoisotopic (exact) mass is 345 g/mol. The normalized spacial score (nSPS) is 16.9. The third-order valence-electron chi connectivity index (χ3n) is 4.10. The molecule has 0 bridgehead atoms. The Morgan fingerprint density at radius 3 is 2.92 bits per heavy atom. The molecule has 0 radical (unpaired) electrons. The summed E-state index contributed by atoms with van der Waals surface area (Å²) in [4.78, 5) is 23.9. The zero-order valence-corrected chi connectivity index (χ0v) is 14.0. The Kier molecular flexibility index (Phi) is 5.97. The van der Waals surface area contributed by atoms with Crippen molar-refractivity contribution in [1.82, 2.24) is 26.1 Å². The lowest BCUT2D eigenvalue weighted by Crippen LogP contribution is -2.40.